The second-order valence-electron chi connectivity index (χ2n) is 4.63. The van der Waals surface area contributed by atoms with Crippen molar-refractivity contribution >= 4 is 34.2 Å². The topological polar surface area (TPSA) is 69.8 Å². The van der Waals surface area contributed by atoms with Gasteiger partial charge in [-0.2, -0.15) is 5.10 Å². The molecule has 3 N–H and O–H groups in total. The van der Waals surface area contributed by atoms with Crippen molar-refractivity contribution in [3.63, 3.8) is 0 Å². The van der Waals surface area contributed by atoms with Crippen molar-refractivity contribution in [1.82, 2.24) is 20.8 Å². The van der Waals surface area contributed by atoms with Crippen LogP contribution in [-0.4, -0.2) is 35.7 Å². The molecule has 0 saturated heterocycles. The van der Waals surface area contributed by atoms with E-state index in [1.807, 2.05) is 30.3 Å². The summed E-state index contributed by atoms with van der Waals surface area (Å²) in [4.78, 5) is 12.1. The summed E-state index contributed by atoms with van der Waals surface area (Å²) in [5, 5.41) is 13.1. The van der Waals surface area contributed by atoms with Gasteiger partial charge >= 0.3 is 0 Å². The maximum atomic E-state index is 12.1. The SMILES string of the molecule is CCCNCCNC(=O)c1[nH]nc(-c2ccccc2)c1Br.Cl. The number of aromatic amines is 1. The Kier molecular flexibility index (Phi) is 8.16. The number of nitrogens with zero attached hydrogens (tertiary/aromatic N) is 1. The smallest absolute Gasteiger partial charge is 0.270 e. The maximum Gasteiger partial charge on any atom is 0.270 e. The van der Waals surface area contributed by atoms with Gasteiger partial charge in [0.25, 0.3) is 5.91 Å². The summed E-state index contributed by atoms with van der Waals surface area (Å²) in [7, 11) is 0. The van der Waals surface area contributed by atoms with Crippen molar-refractivity contribution in [2.45, 2.75) is 13.3 Å². The molecule has 0 aliphatic rings. The van der Waals surface area contributed by atoms with Gasteiger partial charge in [-0.1, -0.05) is 37.3 Å². The number of carbonyl (C=O) groups is 1. The Labute approximate surface area is 144 Å². The second-order valence-corrected chi connectivity index (χ2v) is 5.43. The molecule has 5 nitrogen and oxygen atoms in total. The molecule has 0 spiro atoms. The number of hydrogen-bond donors (Lipinski definition) is 3. The largest absolute Gasteiger partial charge is 0.349 e. The van der Waals surface area contributed by atoms with E-state index >= 15 is 0 Å². The van der Waals surface area contributed by atoms with Gasteiger partial charge in [0.1, 0.15) is 11.4 Å². The highest BCUT2D eigenvalue weighted by atomic mass is 79.9. The molecule has 0 saturated carbocycles. The van der Waals surface area contributed by atoms with Crippen LogP contribution in [0, 0.1) is 0 Å². The molecule has 1 aromatic carbocycles. The molecule has 0 aliphatic carbocycles. The lowest BCUT2D eigenvalue weighted by molar-refractivity contribution is 0.0948. The molecule has 1 amide bonds. The highest BCUT2D eigenvalue weighted by Gasteiger charge is 2.17. The third kappa shape index (κ3) is 4.83. The lowest BCUT2D eigenvalue weighted by atomic mass is 10.1. The molecule has 0 unspecified atom stereocenters. The zero-order valence-electron chi connectivity index (χ0n) is 12.4. The third-order valence-corrected chi connectivity index (χ3v) is 3.77. The summed E-state index contributed by atoms with van der Waals surface area (Å²) >= 11 is 3.45. The van der Waals surface area contributed by atoms with E-state index in [-0.39, 0.29) is 18.3 Å². The average molecular weight is 388 g/mol. The van der Waals surface area contributed by atoms with Crippen LogP contribution in [0.4, 0.5) is 0 Å². The summed E-state index contributed by atoms with van der Waals surface area (Å²) in [5.74, 6) is -0.158. The van der Waals surface area contributed by atoms with E-state index in [4.69, 9.17) is 0 Å². The number of aromatic nitrogens is 2. The molecule has 0 fully saturated rings. The molecule has 1 aromatic heterocycles. The monoisotopic (exact) mass is 386 g/mol. The quantitative estimate of drug-likeness (QED) is 0.640. The van der Waals surface area contributed by atoms with E-state index in [0.717, 1.165) is 30.8 Å². The number of amides is 1. The van der Waals surface area contributed by atoms with Crippen molar-refractivity contribution in [2.24, 2.45) is 0 Å². The summed E-state index contributed by atoms with van der Waals surface area (Å²) < 4.78 is 0.688. The van der Waals surface area contributed by atoms with Gasteiger partial charge in [-0.3, -0.25) is 9.89 Å². The molecule has 0 radical (unpaired) electrons. The first kappa shape index (κ1) is 18.7. The van der Waals surface area contributed by atoms with Crippen molar-refractivity contribution in [2.75, 3.05) is 19.6 Å². The van der Waals surface area contributed by atoms with Gasteiger partial charge in [-0.25, -0.2) is 0 Å². The normalized spacial score (nSPS) is 10.1. The molecule has 22 heavy (non-hydrogen) atoms. The van der Waals surface area contributed by atoms with Crippen LogP contribution in [0.5, 0.6) is 0 Å². The van der Waals surface area contributed by atoms with Gasteiger partial charge in [-0.05, 0) is 28.9 Å². The summed E-state index contributed by atoms with van der Waals surface area (Å²) in [5.41, 5.74) is 2.15. The first-order valence-corrected chi connectivity index (χ1v) is 7.81. The van der Waals surface area contributed by atoms with Crippen LogP contribution in [-0.2, 0) is 0 Å². The van der Waals surface area contributed by atoms with Crippen LogP contribution in [0.2, 0.25) is 0 Å². The molecule has 0 bridgehead atoms. The van der Waals surface area contributed by atoms with Crippen molar-refractivity contribution in [3.05, 3.63) is 40.5 Å². The van der Waals surface area contributed by atoms with Gasteiger partial charge in [0, 0.05) is 18.7 Å². The van der Waals surface area contributed by atoms with E-state index < -0.39 is 0 Å². The molecular formula is C15H20BrClN4O. The fourth-order valence-corrected chi connectivity index (χ4v) is 2.51. The minimum absolute atomic E-state index is 0. The lowest BCUT2D eigenvalue weighted by Gasteiger charge is -2.05. The molecule has 2 aromatic rings. The Morgan fingerprint density at radius 1 is 1.23 bits per heavy atom. The second kappa shape index (κ2) is 9.61. The Morgan fingerprint density at radius 2 is 1.95 bits per heavy atom. The Bertz CT molecular complexity index is 588. The van der Waals surface area contributed by atoms with Crippen molar-refractivity contribution in [3.8, 4) is 11.3 Å². The van der Waals surface area contributed by atoms with Crippen LogP contribution in [0.1, 0.15) is 23.8 Å². The van der Waals surface area contributed by atoms with Crippen LogP contribution >= 0.6 is 28.3 Å². The number of benzene rings is 1. The Hall–Kier alpha value is -1.37. The number of carbonyl (C=O) groups excluding carboxylic acids is 1. The predicted molar refractivity (Wildman–Crippen MR) is 94.5 cm³/mol. The number of rotatable bonds is 7. The van der Waals surface area contributed by atoms with Gasteiger partial charge in [0.05, 0.1) is 4.47 Å². The van der Waals surface area contributed by atoms with E-state index in [1.165, 1.54) is 0 Å². The van der Waals surface area contributed by atoms with Gasteiger partial charge in [0.15, 0.2) is 0 Å². The number of hydrogen-bond acceptors (Lipinski definition) is 3. The predicted octanol–water partition coefficient (Wildman–Crippen LogP) is 2.99. The average Bonchev–Trinajstić information content (AvgIpc) is 2.89. The van der Waals surface area contributed by atoms with Crippen LogP contribution in [0.15, 0.2) is 34.8 Å². The highest BCUT2D eigenvalue weighted by molar-refractivity contribution is 9.10. The third-order valence-electron chi connectivity index (χ3n) is 3.00. The Balaban J connectivity index is 0.00000242. The van der Waals surface area contributed by atoms with Crippen molar-refractivity contribution < 1.29 is 4.79 Å². The fourth-order valence-electron chi connectivity index (χ4n) is 1.92. The van der Waals surface area contributed by atoms with Gasteiger partial charge in [0.2, 0.25) is 0 Å². The summed E-state index contributed by atoms with van der Waals surface area (Å²) in [6, 6.07) is 9.74. The van der Waals surface area contributed by atoms with Gasteiger partial charge in [-0.15, -0.1) is 12.4 Å². The first-order valence-electron chi connectivity index (χ1n) is 7.02. The van der Waals surface area contributed by atoms with Crippen molar-refractivity contribution in [1.29, 1.82) is 0 Å². The van der Waals surface area contributed by atoms with Crippen LogP contribution in [0.3, 0.4) is 0 Å². The summed E-state index contributed by atoms with van der Waals surface area (Å²) in [6.45, 7) is 4.42. The number of nitrogens with one attached hydrogen (secondary N) is 3. The molecule has 7 heteroatoms. The number of halogens is 2. The Morgan fingerprint density at radius 3 is 2.64 bits per heavy atom. The number of H-pyrrole nitrogens is 1. The first-order chi connectivity index (χ1) is 10.2. The summed E-state index contributed by atoms with van der Waals surface area (Å²) in [6.07, 6.45) is 1.08. The molecule has 0 atom stereocenters. The standard InChI is InChI=1S/C15H19BrN4O.ClH/c1-2-8-17-9-10-18-15(21)14-12(16)13(19-20-14)11-6-4-3-5-7-11;/h3-7,17H,2,8-10H2,1H3,(H,18,21)(H,19,20);1H. The molecule has 2 rings (SSSR count). The zero-order valence-corrected chi connectivity index (χ0v) is 14.8. The maximum absolute atomic E-state index is 12.1. The minimum atomic E-state index is -0.158. The molecule has 1 heterocycles. The van der Waals surface area contributed by atoms with E-state index in [1.54, 1.807) is 0 Å². The molecule has 120 valence electrons. The van der Waals surface area contributed by atoms with Crippen LogP contribution < -0.4 is 10.6 Å². The zero-order chi connectivity index (χ0) is 15.1. The van der Waals surface area contributed by atoms with Crippen LogP contribution in [0.25, 0.3) is 11.3 Å². The molecular weight excluding hydrogens is 368 g/mol. The molecule has 0 aliphatic heterocycles. The van der Waals surface area contributed by atoms with E-state index in [0.29, 0.717) is 16.7 Å². The minimum Gasteiger partial charge on any atom is -0.349 e. The highest BCUT2D eigenvalue weighted by Crippen LogP contribution is 2.28. The van der Waals surface area contributed by atoms with E-state index in [2.05, 4.69) is 43.7 Å². The lowest BCUT2D eigenvalue weighted by Crippen LogP contribution is -2.32. The van der Waals surface area contributed by atoms with E-state index in [9.17, 15) is 4.79 Å². The fraction of sp³-hybridized carbons (Fsp3) is 0.333. The van der Waals surface area contributed by atoms with Gasteiger partial charge < -0.3 is 10.6 Å².